The third-order valence-corrected chi connectivity index (χ3v) is 4.55. The van der Waals surface area contributed by atoms with E-state index < -0.39 is 0 Å². The van der Waals surface area contributed by atoms with Gasteiger partial charge in [0.1, 0.15) is 12.0 Å². The molecule has 2 fully saturated rings. The summed E-state index contributed by atoms with van der Waals surface area (Å²) in [6.07, 6.45) is 4.70. The van der Waals surface area contributed by atoms with Crippen molar-refractivity contribution in [2.24, 2.45) is 0 Å². The van der Waals surface area contributed by atoms with E-state index in [2.05, 4.69) is 20.4 Å². The van der Waals surface area contributed by atoms with Crippen LogP contribution in [-0.4, -0.2) is 33.6 Å². The van der Waals surface area contributed by atoms with Crippen LogP contribution in [-0.2, 0) is 4.79 Å². The Balaban J connectivity index is 1.70. The molecule has 5 nitrogen and oxygen atoms in total. The summed E-state index contributed by atoms with van der Waals surface area (Å²) < 4.78 is 13.1. The van der Waals surface area contributed by atoms with Crippen LogP contribution in [0.5, 0.6) is 0 Å². The number of rotatable bonds is 2. The Hall–Kier alpha value is -2.21. The van der Waals surface area contributed by atoms with Crippen molar-refractivity contribution in [2.45, 2.75) is 31.5 Å². The molecular weight excluding hydrogens is 283 g/mol. The van der Waals surface area contributed by atoms with Crippen LogP contribution in [0, 0.1) is 5.82 Å². The monoisotopic (exact) mass is 300 g/mol. The largest absolute Gasteiger partial charge is 0.335 e. The maximum Gasteiger partial charge on any atom is 0.238 e. The normalized spacial score (nSPS) is 25.0. The molecule has 0 spiro atoms. The molecule has 2 atom stereocenters. The van der Waals surface area contributed by atoms with Gasteiger partial charge < -0.3 is 5.32 Å². The van der Waals surface area contributed by atoms with Gasteiger partial charge >= 0.3 is 0 Å². The Morgan fingerprint density at radius 3 is 2.86 bits per heavy atom. The Bertz CT molecular complexity index is 696. The van der Waals surface area contributed by atoms with E-state index in [4.69, 9.17) is 0 Å². The van der Waals surface area contributed by atoms with Crippen molar-refractivity contribution in [1.29, 1.82) is 0 Å². The SMILES string of the molecule is O=C1NC(c2cn[nH]c2-c2ccc(F)cc2)N2CCCCC12. The Kier molecular flexibility index (Phi) is 3.18. The summed E-state index contributed by atoms with van der Waals surface area (Å²) in [4.78, 5) is 14.4. The standard InChI is InChI=1S/C16H17FN4O/c17-11-6-4-10(5-7-11)14-12(9-18-20-14)15-19-16(22)13-3-1-2-8-21(13)15/h4-7,9,13,15H,1-3,8H2,(H,18,20)(H,19,22). The maximum absolute atomic E-state index is 13.1. The van der Waals surface area contributed by atoms with Gasteiger partial charge in [0.25, 0.3) is 0 Å². The van der Waals surface area contributed by atoms with Crippen molar-refractivity contribution in [3.63, 3.8) is 0 Å². The van der Waals surface area contributed by atoms with Crippen LogP contribution in [0.2, 0.25) is 0 Å². The average molecular weight is 300 g/mol. The number of fused-ring (bicyclic) bond motifs is 1. The number of H-pyrrole nitrogens is 1. The number of hydrogen-bond donors (Lipinski definition) is 2. The molecule has 2 aromatic rings. The first-order valence-electron chi connectivity index (χ1n) is 7.59. The highest BCUT2D eigenvalue weighted by atomic mass is 19.1. The number of carbonyl (C=O) groups excluding carboxylic acids is 1. The number of nitrogens with zero attached hydrogens (tertiary/aromatic N) is 2. The number of carbonyl (C=O) groups is 1. The number of halogens is 1. The maximum atomic E-state index is 13.1. The van der Waals surface area contributed by atoms with Crippen LogP contribution < -0.4 is 5.32 Å². The van der Waals surface area contributed by atoms with Crippen LogP contribution in [0.15, 0.2) is 30.5 Å². The van der Waals surface area contributed by atoms with Crippen molar-refractivity contribution in [3.05, 3.63) is 41.8 Å². The number of benzene rings is 1. The number of nitrogens with one attached hydrogen (secondary N) is 2. The number of amides is 1. The van der Waals surface area contributed by atoms with E-state index in [1.54, 1.807) is 18.3 Å². The van der Waals surface area contributed by atoms with E-state index in [1.807, 2.05) is 0 Å². The first-order chi connectivity index (χ1) is 10.7. The molecular formula is C16H17FN4O. The zero-order valence-corrected chi connectivity index (χ0v) is 12.1. The highest BCUT2D eigenvalue weighted by Crippen LogP contribution is 2.35. The summed E-state index contributed by atoms with van der Waals surface area (Å²) in [6.45, 7) is 0.905. The molecule has 4 rings (SSSR count). The number of hydrogen-bond acceptors (Lipinski definition) is 3. The summed E-state index contributed by atoms with van der Waals surface area (Å²) in [5, 5.41) is 10.2. The van der Waals surface area contributed by atoms with E-state index in [0.717, 1.165) is 42.6 Å². The van der Waals surface area contributed by atoms with Gasteiger partial charge in [-0.3, -0.25) is 14.8 Å². The zero-order chi connectivity index (χ0) is 15.1. The fraction of sp³-hybridized carbons (Fsp3) is 0.375. The minimum atomic E-state index is -0.268. The highest BCUT2D eigenvalue weighted by molar-refractivity contribution is 5.85. The fourth-order valence-electron chi connectivity index (χ4n) is 3.47. The topological polar surface area (TPSA) is 61.0 Å². The predicted octanol–water partition coefficient (Wildman–Crippen LogP) is 2.20. The van der Waals surface area contributed by atoms with Gasteiger partial charge in [-0.2, -0.15) is 5.10 Å². The van der Waals surface area contributed by atoms with E-state index in [1.165, 1.54) is 12.1 Å². The van der Waals surface area contributed by atoms with E-state index in [9.17, 15) is 9.18 Å². The molecule has 0 bridgehead atoms. The molecule has 1 amide bonds. The molecule has 6 heteroatoms. The lowest BCUT2D eigenvalue weighted by molar-refractivity contribution is -0.122. The van der Waals surface area contributed by atoms with Gasteiger partial charge in [-0.05, 0) is 37.1 Å². The second-order valence-electron chi connectivity index (χ2n) is 5.87. The zero-order valence-electron chi connectivity index (χ0n) is 12.1. The summed E-state index contributed by atoms with van der Waals surface area (Å²) >= 11 is 0. The smallest absolute Gasteiger partial charge is 0.238 e. The van der Waals surface area contributed by atoms with Crippen LogP contribution in [0.4, 0.5) is 4.39 Å². The molecule has 0 radical (unpaired) electrons. The van der Waals surface area contributed by atoms with Gasteiger partial charge in [-0.1, -0.05) is 6.42 Å². The van der Waals surface area contributed by atoms with Gasteiger partial charge in [0.15, 0.2) is 0 Å². The second-order valence-corrected chi connectivity index (χ2v) is 5.87. The number of aromatic amines is 1. The summed E-state index contributed by atoms with van der Waals surface area (Å²) in [7, 11) is 0. The van der Waals surface area contributed by atoms with Gasteiger partial charge in [0.05, 0.1) is 17.9 Å². The molecule has 22 heavy (non-hydrogen) atoms. The first-order valence-corrected chi connectivity index (χ1v) is 7.59. The molecule has 2 saturated heterocycles. The van der Waals surface area contributed by atoms with Crippen LogP contribution in [0.1, 0.15) is 31.0 Å². The van der Waals surface area contributed by atoms with Crippen LogP contribution in [0.3, 0.4) is 0 Å². The second kappa shape index (κ2) is 5.21. The summed E-state index contributed by atoms with van der Waals surface area (Å²) in [5.41, 5.74) is 2.63. The average Bonchev–Trinajstić information content (AvgIpc) is 3.13. The number of piperidine rings is 1. The van der Waals surface area contributed by atoms with Crippen molar-refractivity contribution in [3.8, 4) is 11.3 Å². The molecule has 2 aliphatic heterocycles. The fourth-order valence-corrected chi connectivity index (χ4v) is 3.47. The minimum absolute atomic E-state index is 0.0327. The summed E-state index contributed by atoms with van der Waals surface area (Å²) in [6, 6.07) is 6.26. The molecule has 0 aliphatic carbocycles. The molecule has 114 valence electrons. The Labute approximate surface area is 127 Å². The Morgan fingerprint density at radius 1 is 1.23 bits per heavy atom. The molecule has 1 aromatic heterocycles. The quantitative estimate of drug-likeness (QED) is 0.894. The van der Waals surface area contributed by atoms with Crippen molar-refractivity contribution in [1.82, 2.24) is 20.4 Å². The van der Waals surface area contributed by atoms with Crippen LogP contribution >= 0.6 is 0 Å². The van der Waals surface area contributed by atoms with Crippen molar-refractivity contribution >= 4 is 5.91 Å². The van der Waals surface area contributed by atoms with E-state index in [-0.39, 0.29) is 23.9 Å². The molecule has 1 aromatic carbocycles. The molecule has 2 N–H and O–H groups in total. The van der Waals surface area contributed by atoms with Gasteiger partial charge in [0, 0.05) is 17.7 Å². The summed E-state index contributed by atoms with van der Waals surface area (Å²) in [5.74, 6) is -0.175. The van der Waals surface area contributed by atoms with Crippen molar-refractivity contribution in [2.75, 3.05) is 6.54 Å². The van der Waals surface area contributed by atoms with E-state index >= 15 is 0 Å². The third kappa shape index (κ3) is 2.11. The van der Waals surface area contributed by atoms with Gasteiger partial charge in [0.2, 0.25) is 5.91 Å². The highest BCUT2D eigenvalue weighted by Gasteiger charge is 2.42. The number of aromatic nitrogens is 2. The Morgan fingerprint density at radius 2 is 2.05 bits per heavy atom. The lowest BCUT2D eigenvalue weighted by Crippen LogP contribution is -2.38. The minimum Gasteiger partial charge on any atom is -0.335 e. The van der Waals surface area contributed by atoms with E-state index in [0.29, 0.717) is 0 Å². The molecule has 2 aliphatic rings. The van der Waals surface area contributed by atoms with Crippen molar-refractivity contribution < 1.29 is 9.18 Å². The van der Waals surface area contributed by atoms with Gasteiger partial charge in [-0.25, -0.2) is 4.39 Å². The lowest BCUT2D eigenvalue weighted by Gasteiger charge is -2.31. The van der Waals surface area contributed by atoms with Gasteiger partial charge in [-0.15, -0.1) is 0 Å². The molecule has 0 saturated carbocycles. The molecule has 2 unspecified atom stereocenters. The first kappa shape index (κ1) is 13.5. The third-order valence-electron chi connectivity index (χ3n) is 4.55. The predicted molar refractivity (Wildman–Crippen MR) is 79.2 cm³/mol. The van der Waals surface area contributed by atoms with Crippen LogP contribution in [0.25, 0.3) is 11.3 Å². The molecule has 3 heterocycles. The lowest BCUT2D eigenvalue weighted by atomic mass is 10.0.